The van der Waals surface area contributed by atoms with Gasteiger partial charge >= 0.3 is 5.97 Å². The predicted molar refractivity (Wildman–Crippen MR) is 70.2 cm³/mol. The Morgan fingerprint density at radius 2 is 2.33 bits per heavy atom. The third-order valence-corrected chi connectivity index (χ3v) is 4.07. The summed E-state index contributed by atoms with van der Waals surface area (Å²) in [7, 11) is 0. The highest BCUT2D eigenvalue weighted by Gasteiger charge is 2.59. The van der Waals surface area contributed by atoms with Gasteiger partial charge in [-0.15, -0.1) is 0 Å². The maximum Gasteiger partial charge on any atom is 0.309 e. The smallest absolute Gasteiger partial charge is 0.309 e. The predicted octanol–water partition coefficient (Wildman–Crippen LogP) is 3.23. The molecule has 1 heterocycles. The molecule has 1 aliphatic heterocycles. The second-order valence-corrected chi connectivity index (χ2v) is 5.81. The minimum atomic E-state index is -0.0717. The van der Waals surface area contributed by atoms with Gasteiger partial charge in [0.05, 0.1) is 17.6 Å². The molecule has 0 bridgehead atoms. The molecule has 0 aromatic carbocycles. The molecule has 0 aromatic heterocycles. The van der Waals surface area contributed by atoms with Crippen LogP contribution in [0.3, 0.4) is 0 Å². The molecule has 0 amide bonds. The van der Waals surface area contributed by atoms with E-state index in [9.17, 15) is 4.79 Å². The van der Waals surface area contributed by atoms with Crippen LogP contribution in [-0.4, -0.2) is 24.3 Å². The maximum atomic E-state index is 11.9. The van der Waals surface area contributed by atoms with E-state index in [4.69, 9.17) is 9.47 Å². The molecule has 0 spiro atoms. The number of epoxide rings is 1. The number of hydrogen-bond acceptors (Lipinski definition) is 3. The van der Waals surface area contributed by atoms with Crippen LogP contribution >= 0.6 is 0 Å². The van der Waals surface area contributed by atoms with Crippen LogP contribution < -0.4 is 0 Å². The van der Waals surface area contributed by atoms with Gasteiger partial charge in [-0.3, -0.25) is 4.79 Å². The molecule has 2 fully saturated rings. The highest BCUT2D eigenvalue weighted by molar-refractivity contribution is 5.73. The Bertz CT molecular complexity index is 337. The van der Waals surface area contributed by atoms with Crippen molar-refractivity contribution in [3.63, 3.8) is 0 Å². The van der Waals surface area contributed by atoms with Crippen molar-refractivity contribution in [3.8, 4) is 0 Å². The topological polar surface area (TPSA) is 38.8 Å². The summed E-state index contributed by atoms with van der Waals surface area (Å²) in [5.74, 6) is -0.0378. The summed E-state index contributed by atoms with van der Waals surface area (Å²) in [6.45, 7) is 8.16. The number of unbranched alkanes of at least 4 members (excludes halogenated alkanes) is 1. The van der Waals surface area contributed by atoms with Crippen LogP contribution in [0.5, 0.6) is 0 Å². The molecule has 3 unspecified atom stereocenters. The van der Waals surface area contributed by atoms with Crippen molar-refractivity contribution in [2.24, 2.45) is 5.92 Å². The van der Waals surface area contributed by atoms with E-state index in [0.29, 0.717) is 12.7 Å². The summed E-state index contributed by atoms with van der Waals surface area (Å²) < 4.78 is 11.1. The quantitative estimate of drug-likeness (QED) is 0.414. The molecule has 18 heavy (non-hydrogen) atoms. The molecule has 2 aliphatic rings. The second-order valence-electron chi connectivity index (χ2n) is 5.81. The average molecular weight is 252 g/mol. The molecule has 0 N–H and O–H groups in total. The lowest BCUT2D eigenvalue weighted by Gasteiger charge is -2.23. The zero-order chi connectivity index (χ0) is 13.2. The molecule has 3 nitrogen and oxygen atoms in total. The van der Waals surface area contributed by atoms with Crippen molar-refractivity contribution in [1.82, 2.24) is 0 Å². The van der Waals surface area contributed by atoms with Crippen molar-refractivity contribution < 1.29 is 14.3 Å². The second kappa shape index (κ2) is 5.43. The maximum absolute atomic E-state index is 11.9. The largest absolute Gasteiger partial charge is 0.461 e. The Hall–Kier alpha value is -0.830. The normalized spacial score (nSPS) is 33.7. The van der Waals surface area contributed by atoms with Gasteiger partial charge in [-0.1, -0.05) is 26.3 Å². The molecule has 1 aliphatic carbocycles. The van der Waals surface area contributed by atoms with Crippen LogP contribution in [0.15, 0.2) is 12.2 Å². The Kier molecular flexibility index (Phi) is 4.10. The van der Waals surface area contributed by atoms with Crippen molar-refractivity contribution >= 4 is 5.97 Å². The van der Waals surface area contributed by atoms with Crippen molar-refractivity contribution in [2.75, 3.05) is 6.61 Å². The van der Waals surface area contributed by atoms with Gasteiger partial charge in [0.1, 0.15) is 6.61 Å². The molecular weight excluding hydrogens is 228 g/mol. The summed E-state index contributed by atoms with van der Waals surface area (Å²) in [6.07, 6.45) is 6.67. The monoisotopic (exact) mass is 252 g/mol. The Balaban J connectivity index is 1.76. The molecule has 0 aromatic rings. The Labute approximate surface area is 110 Å². The van der Waals surface area contributed by atoms with Crippen LogP contribution in [0.4, 0.5) is 0 Å². The molecule has 0 radical (unpaired) electrons. The summed E-state index contributed by atoms with van der Waals surface area (Å²) >= 11 is 0. The number of rotatable bonds is 6. The number of hydrogen-bond donors (Lipinski definition) is 0. The van der Waals surface area contributed by atoms with Crippen LogP contribution in [0, 0.1) is 5.92 Å². The van der Waals surface area contributed by atoms with Crippen LogP contribution in [0.1, 0.15) is 52.4 Å². The van der Waals surface area contributed by atoms with E-state index in [1.54, 1.807) is 0 Å². The standard InChI is InChI=1S/C15H24O3/c1-4-5-7-15-8-6-12(9-13(15)18-15)14(16)17-10-11(2)3/h12-13H,2,4-10H2,1,3H3. The van der Waals surface area contributed by atoms with Crippen LogP contribution in [0.2, 0.25) is 0 Å². The van der Waals surface area contributed by atoms with E-state index in [-0.39, 0.29) is 17.5 Å². The van der Waals surface area contributed by atoms with Gasteiger partial charge in [0.25, 0.3) is 0 Å². The van der Waals surface area contributed by atoms with Gasteiger partial charge in [-0.25, -0.2) is 0 Å². The van der Waals surface area contributed by atoms with E-state index in [1.807, 2.05) is 6.92 Å². The van der Waals surface area contributed by atoms with Gasteiger partial charge in [0.15, 0.2) is 0 Å². The number of ether oxygens (including phenoxy) is 2. The molecule has 1 saturated carbocycles. The molecule has 1 saturated heterocycles. The zero-order valence-electron chi connectivity index (χ0n) is 11.5. The van der Waals surface area contributed by atoms with Crippen LogP contribution in [0.25, 0.3) is 0 Å². The first-order valence-corrected chi connectivity index (χ1v) is 7.06. The van der Waals surface area contributed by atoms with Gasteiger partial charge in [-0.2, -0.15) is 0 Å². The third kappa shape index (κ3) is 2.94. The molecule has 2 rings (SSSR count). The highest BCUT2D eigenvalue weighted by atomic mass is 16.6. The Morgan fingerprint density at radius 3 is 2.94 bits per heavy atom. The fourth-order valence-electron chi connectivity index (χ4n) is 2.87. The number of carbonyl (C=O) groups excluding carboxylic acids is 1. The molecular formula is C15H24O3. The van der Waals surface area contributed by atoms with Gasteiger partial charge in [-0.05, 0) is 38.2 Å². The fraction of sp³-hybridized carbons (Fsp3) is 0.800. The highest BCUT2D eigenvalue weighted by Crippen LogP contribution is 2.52. The third-order valence-electron chi connectivity index (χ3n) is 4.07. The van der Waals surface area contributed by atoms with E-state index < -0.39 is 0 Å². The summed E-state index contributed by atoms with van der Waals surface area (Å²) in [5, 5.41) is 0. The average Bonchev–Trinajstić information content (AvgIpc) is 3.07. The van der Waals surface area contributed by atoms with E-state index >= 15 is 0 Å². The first-order valence-electron chi connectivity index (χ1n) is 7.06. The lowest BCUT2D eigenvalue weighted by atomic mass is 9.80. The zero-order valence-corrected chi connectivity index (χ0v) is 11.5. The van der Waals surface area contributed by atoms with Gasteiger partial charge in [0, 0.05) is 0 Å². The fourth-order valence-corrected chi connectivity index (χ4v) is 2.87. The first kappa shape index (κ1) is 13.6. The van der Waals surface area contributed by atoms with Crippen LogP contribution in [-0.2, 0) is 14.3 Å². The van der Waals surface area contributed by atoms with E-state index in [2.05, 4.69) is 13.5 Å². The number of fused-ring (bicyclic) bond motifs is 1. The summed E-state index contributed by atoms with van der Waals surface area (Å²) in [6, 6.07) is 0. The molecule has 3 heteroatoms. The summed E-state index contributed by atoms with van der Waals surface area (Å²) in [5.41, 5.74) is 1.01. The van der Waals surface area contributed by atoms with Gasteiger partial charge < -0.3 is 9.47 Å². The molecule has 3 atom stereocenters. The number of esters is 1. The van der Waals surface area contributed by atoms with E-state index in [1.165, 1.54) is 12.8 Å². The first-order chi connectivity index (χ1) is 8.57. The van der Waals surface area contributed by atoms with Gasteiger partial charge in [0.2, 0.25) is 0 Å². The minimum absolute atomic E-state index is 0.0339. The SMILES string of the molecule is C=C(C)COC(=O)C1CCC2(CCCC)OC2C1. The lowest BCUT2D eigenvalue weighted by Crippen LogP contribution is -2.29. The van der Waals surface area contributed by atoms with Crippen molar-refractivity contribution in [2.45, 2.75) is 64.1 Å². The van der Waals surface area contributed by atoms with Crippen molar-refractivity contribution in [1.29, 1.82) is 0 Å². The van der Waals surface area contributed by atoms with Crippen molar-refractivity contribution in [3.05, 3.63) is 12.2 Å². The Morgan fingerprint density at radius 1 is 1.56 bits per heavy atom. The minimum Gasteiger partial charge on any atom is -0.461 e. The summed E-state index contributed by atoms with van der Waals surface area (Å²) in [4.78, 5) is 11.9. The number of carbonyl (C=O) groups is 1. The lowest BCUT2D eigenvalue weighted by molar-refractivity contribution is -0.148. The van der Waals surface area contributed by atoms with E-state index in [0.717, 1.165) is 31.3 Å². The molecule has 102 valence electrons.